The van der Waals surface area contributed by atoms with Crippen LogP contribution in [0.4, 0.5) is 0 Å². The summed E-state index contributed by atoms with van der Waals surface area (Å²) >= 11 is 1.71. The fraction of sp³-hybridized carbons (Fsp3) is 0.733. The van der Waals surface area contributed by atoms with Crippen LogP contribution in [0.5, 0.6) is 0 Å². The second-order valence-electron chi connectivity index (χ2n) is 5.62. The van der Waals surface area contributed by atoms with E-state index in [0.717, 1.165) is 30.6 Å². The predicted octanol–water partition coefficient (Wildman–Crippen LogP) is 2.24. The van der Waals surface area contributed by atoms with Crippen LogP contribution < -0.4 is 10.6 Å². The summed E-state index contributed by atoms with van der Waals surface area (Å²) in [5, 5.41) is 7.79. The van der Waals surface area contributed by atoms with Crippen molar-refractivity contribution in [1.29, 1.82) is 0 Å². The number of guanidine groups is 1. The molecule has 0 atom stereocenters. The van der Waals surface area contributed by atoms with Gasteiger partial charge >= 0.3 is 0 Å². The predicted molar refractivity (Wildman–Crippen MR) is 92.0 cm³/mol. The lowest BCUT2D eigenvalue weighted by Gasteiger charge is -2.30. The lowest BCUT2D eigenvalue weighted by atomic mass is 10.2. The smallest absolute Gasteiger partial charge is 0.191 e. The number of rotatable bonds is 7. The van der Waals surface area contributed by atoms with Crippen molar-refractivity contribution in [1.82, 2.24) is 20.5 Å². The maximum Gasteiger partial charge on any atom is 0.191 e. The first-order valence-electron chi connectivity index (χ1n) is 7.55. The third kappa shape index (κ3) is 6.44. The quantitative estimate of drug-likeness (QED) is 0.599. The van der Waals surface area contributed by atoms with E-state index < -0.39 is 0 Å². The summed E-state index contributed by atoms with van der Waals surface area (Å²) in [5.74, 6) is 0.841. The molecule has 1 heterocycles. The molecular weight excluding hydrogens is 282 g/mol. The molecule has 0 bridgehead atoms. The SMILES string of the molecule is CN=C(NCCN(C(C)C)C(C)C)NCc1cnc(C)s1. The van der Waals surface area contributed by atoms with Crippen LogP contribution in [0.3, 0.4) is 0 Å². The maximum atomic E-state index is 4.26. The molecule has 2 N–H and O–H groups in total. The van der Waals surface area contributed by atoms with Gasteiger partial charge in [-0.3, -0.25) is 9.89 Å². The third-order valence-electron chi connectivity index (χ3n) is 3.31. The van der Waals surface area contributed by atoms with Gasteiger partial charge in [-0.25, -0.2) is 4.98 Å². The number of nitrogens with zero attached hydrogens (tertiary/aromatic N) is 3. The second kappa shape index (κ2) is 9.00. The van der Waals surface area contributed by atoms with Crippen LogP contribution in [-0.2, 0) is 6.54 Å². The molecule has 0 unspecified atom stereocenters. The first-order valence-corrected chi connectivity index (χ1v) is 8.37. The summed E-state index contributed by atoms with van der Waals surface area (Å²) < 4.78 is 0. The largest absolute Gasteiger partial charge is 0.355 e. The maximum absolute atomic E-state index is 4.26. The summed E-state index contributed by atoms with van der Waals surface area (Å²) in [5.41, 5.74) is 0. The number of aliphatic imine (C=N–C) groups is 1. The molecule has 0 fully saturated rings. The minimum absolute atomic E-state index is 0.557. The van der Waals surface area contributed by atoms with Gasteiger partial charge in [0.1, 0.15) is 0 Å². The number of aryl methyl sites for hydroxylation is 1. The molecule has 1 aromatic rings. The van der Waals surface area contributed by atoms with Gasteiger partial charge in [0.2, 0.25) is 0 Å². The molecule has 21 heavy (non-hydrogen) atoms. The molecule has 0 aliphatic rings. The third-order valence-corrected chi connectivity index (χ3v) is 4.22. The van der Waals surface area contributed by atoms with Crippen LogP contribution in [0.2, 0.25) is 0 Å². The Morgan fingerprint density at radius 3 is 2.43 bits per heavy atom. The second-order valence-corrected chi connectivity index (χ2v) is 6.94. The van der Waals surface area contributed by atoms with Crippen LogP contribution in [-0.4, -0.2) is 48.1 Å². The Hall–Kier alpha value is -1.14. The Morgan fingerprint density at radius 2 is 1.95 bits per heavy atom. The zero-order valence-corrected chi connectivity index (χ0v) is 14.9. The van der Waals surface area contributed by atoms with E-state index in [1.54, 1.807) is 18.4 Å². The topological polar surface area (TPSA) is 52.6 Å². The molecule has 0 amide bonds. The van der Waals surface area contributed by atoms with Crippen molar-refractivity contribution in [3.63, 3.8) is 0 Å². The van der Waals surface area contributed by atoms with Crippen LogP contribution >= 0.6 is 11.3 Å². The van der Waals surface area contributed by atoms with Gasteiger partial charge in [-0.05, 0) is 34.6 Å². The van der Waals surface area contributed by atoms with Gasteiger partial charge in [-0.1, -0.05) is 0 Å². The number of nitrogens with one attached hydrogen (secondary N) is 2. The number of aromatic nitrogens is 1. The summed E-state index contributed by atoms with van der Waals surface area (Å²) in [6.07, 6.45) is 1.92. The zero-order chi connectivity index (χ0) is 15.8. The molecule has 0 radical (unpaired) electrons. The Balaban J connectivity index is 2.34. The summed E-state index contributed by atoms with van der Waals surface area (Å²) in [6, 6.07) is 1.11. The molecule has 0 spiro atoms. The average Bonchev–Trinajstić information content (AvgIpc) is 2.82. The van der Waals surface area contributed by atoms with Crippen LogP contribution in [0.1, 0.15) is 37.6 Å². The Labute approximate surface area is 132 Å². The molecule has 1 rings (SSSR count). The molecule has 5 nitrogen and oxygen atoms in total. The van der Waals surface area contributed by atoms with E-state index in [9.17, 15) is 0 Å². The van der Waals surface area contributed by atoms with Crippen molar-refractivity contribution in [3.05, 3.63) is 16.1 Å². The lowest BCUT2D eigenvalue weighted by molar-refractivity contribution is 0.178. The van der Waals surface area contributed by atoms with Gasteiger partial charge in [0, 0.05) is 43.3 Å². The lowest BCUT2D eigenvalue weighted by Crippen LogP contribution is -2.45. The Kier molecular flexibility index (Phi) is 7.67. The normalized spacial score (nSPS) is 12.5. The molecule has 0 saturated heterocycles. The van der Waals surface area contributed by atoms with Gasteiger partial charge < -0.3 is 10.6 Å². The number of hydrogen-bond donors (Lipinski definition) is 2. The van der Waals surface area contributed by atoms with Crippen LogP contribution in [0.25, 0.3) is 0 Å². The van der Waals surface area contributed by atoms with E-state index in [-0.39, 0.29) is 0 Å². The van der Waals surface area contributed by atoms with Crippen molar-refractivity contribution in [2.45, 2.75) is 53.2 Å². The zero-order valence-electron chi connectivity index (χ0n) is 14.1. The van der Waals surface area contributed by atoms with Crippen molar-refractivity contribution in [3.8, 4) is 0 Å². The molecule has 0 saturated carbocycles. The van der Waals surface area contributed by atoms with Gasteiger partial charge in [0.05, 0.1) is 11.6 Å². The van der Waals surface area contributed by atoms with E-state index in [2.05, 4.69) is 53.2 Å². The fourth-order valence-electron chi connectivity index (χ4n) is 2.29. The van der Waals surface area contributed by atoms with Crippen LogP contribution in [0.15, 0.2) is 11.2 Å². The highest BCUT2D eigenvalue weighted by molar-refractivity contribution is 7.11. The van der Waals surface area contributed by atoms with E-state index in [4.69, 9.17) is 0 Å². The number of hydrogen-bond acceptors (Lipinski definition) is 4. The molecule has 0 aromatic carbocycles. The summed E-state index contributed by atoms with van der Waals surface area (Å²) in [7, 11) is 1.80. The monoisotopic (exact) mass is 311 g/mol. The molecular formula is C15H29N5S. The highest BCUT2D eigenvalue weighted by atomic mass is 32.1. The molecule has 0 aliphatic carbocycles. The fourth-order valence-corrected chi connectivity index (χ4v) is 3.03. The highest BCUT2D eigenvalue weighted by Crippen LogP contribution is 2.10. The Morgan fingerprint density at radius 1 is 1.29 bits per heavy atom. The van der Waals surface area contributed by atoms with Crippen LogP contribution in [0, 0.1) is 6.92 Å². The van der Waals surface area contributed by atoms with E-state index >= 15 is 0 Å². The minimum Gasteiger partial charge on any atom is -0.355 e. The van der Waals surface area contributed by atoms with E-state index in [0.29, 0.717) is 12.1 Å². The summed E-state index contributed by atoms with van der Waals surface area (Å²) in [6.45, 7) is 13.6. The molecule has 120 valence electrons. The number of thiazole rings is 1. The van der Waals surface area contributed by atoms with Gasteiger partial charge in [0.25, 0.3) is 0 Å². The van der Waals surface area contributed by atoms with Gasteiger partial charge in [0.15, 0.2) is 5.96 Å². The van der Waals surface area contributed by atoms with Crippen molar-refractivity contribution >= 4 is 17.3 Å². The van der Waals surface area contributed by atoms with Crippen molar-refractivity contribution in [2.75, 3.05) is 20.1 Å². The molecule has 6 heteroatoms. The first-order chi connectivity index (χ1) is 9.93. The summed E-state index contributed by atoms with van der Waals surface area (Å²) in [4.78, 5) is 12.2. The highest BCUT2D eigenvalue weighted by Gasteiger charge is 2.12. The van der Waals surface area contributed by atoms with Gasteiger partial charge in [-0.2, -0.15) is 0 Å². The Bertz CT molecular complexity index is 431. The standard InChI is InChI=1S/C15H29N5S/c1-11(2)20(12(3)4)8-7-17-15(16-6)19-10-14-9-18-13(5)21-14/h9,11-12H,7-8,10H2,1-6H3,(H2,16,17,19). The first kappa shape index (κ1) is 17.9. The molecule has 1 aromatic heterocycles. The average molecular weight is 311 g/mol. The van der Waals surface area contributed by atoms with Gasteiger partial charge in [-0.15, -0.1) is 11.3 Å². The minimum atomic E-state index is 0.557. The van der Waals surface area contributed by atoms with Crippen molar-refractivity contribution < 1.29 is 0 Å². The molecule has 0 aliphatic heterocycles. The van der Waals surface area contributed by atoms with E-state index in [1.165, 1.54) is 4.88 Å². The van der Waals surface area contributed by atoms with Crippen molar-refractivity contribution in [2.24, 2.45) is 4.99 Å². The van der Waals surface area contributed by atoms with E-state index in [1.807, 2.05) is 13.1 Å².